The largest absolute Gasteiger partial charge is 0.469 e. The molecule has 164 valence electrons. The number of benzene rings is 1. The van der Waals surface area contributed by atoms with Gasteiger partial charge in [-0.3, -0.25) is 9.69 Å². The number of nitrogens with zero attached hydrogens (tertiary/aromatic N) is 2. The van der Waals surface area contributed by atoms with Gasteiger partial charge in [-0.05, 0) is 93.6 Å². The molecule has 0 bridgehead atoms. The van der Waals surface area contributed by atoms with Crippen molar-refractivity contribution < 1.29 is 14.3 Å². The van der Waals surface area contributed by atoms with Gasteiger partial charge in [0.25, 0.3) is 0 Å². The van der Waals surface area contributed by atoms with Crippen LogP contribution in [0, 0.1) is 5.92 Å². The molecule has 0 aromatic heterocycles. The Kier molecular flexibility index (Phi) is 6.93. The fraction of sp³-hybridized carbons (Fsp3) is 0.667. The lowest BCUT2D eigenvalue weighted by molar-refractivity contribution is -0.141. The van der Waals surface area contributed by atoms with Crippen LogP contribution in [0.1, 0.15) is 56.1 Å². The fourth-order valence-corrected chi connectivity index (χ4v) is 5.32. The summed E-state index contributed by atoms with van der Waals surface area (Å²) in [5.74, 6) is 0.463. The van der Waals surface area contributed by atoms with Crippen LogP contribution >= 0.6 is 0 Å². The third-order valence-electron chi connectivity index (χ3n) is 7.14. The predicted octanol–water partition coefficient (Wildman–Crippen LogP) is 3.52. The molecule has 2 fully saturated rings. The first kappa shape index (κ1) is 21.2. The summed E-state index contributed by atoms with van der Waals surface area (Å²) in [5, 5.41) is 3.46. The molecule has 0 spiro atoms. The van der Waals surface area contributed by atoms with E-state index in [2.05, 4.69) is 28.4 Å². The van der Waals surface area contributed by atoms with Crippen LogP contribution in [0.3, 0.4) is 0 Å². The first-order valence-electron chi connectivity index (χ1n) is 11.6. The Balaban J connectivity index is 1.37. The molecule has 6 heteroatoms. The number of urea groups is 1. The second kappa shape index (κ2) is 9.82. The number of methoxy groups -OCH3 is 1. The molecule has 4 rings (SSSR count). The van der Waals surface area contributed by atoms with Crippen molar-refractivity contribution in [3.05, 3.63) is 29.3 Å². The molecule has 2 heterocycles. The number of carbonyl (C=O) groups is 2. The predicted molar refractivity (Wildman–Crippen MR) is 118 cm³/mol. The number of ether oxygens (including phenoxy) is 1. The third-order valence-corrected chi connectivity index (χ3v) is 7.14. The van der Waals surface area contributed by atoms with Gasteiger partial charge in [0.2, 0.25) is 0 Å². The van der Waals surface area contributed by atoms with Gasteiger partial charge in [0.15, 0.2) is 0 Å². The minimum Gasteiger partial charge on any atom is -0.469 e. The third kappa shape index (κ3) is 4.80. The van der Waals surface area contributed by atoms with E-state index in [0.717, 1.165) is 83.2 Å². The Hall–Kier alpha value is -2.08. The zero-order valence-electron chi connectivity index (χ0n) is 18.2. The zero-order valence-corrected chi connectivity index (χ0v) is 18.2. The highest BCUT2D eigenvalue weighted by atomic mass is 16.5. The molecule has 1 N–H and O–H groups in total. The summed E-state index contributed by atoms with van der Waals surface area (Å²) >= 11 is 0. The van der Waals surface area contributed by atoms with E-state index in [0.29, 0.717) is 18.4 Å². The maximum absolute atomic E-state index is 13.4. The summed E-state index contributed by atoms with van der Waals surface area (Å²) in [4.78, 5) is 28.9. The standard InChI is InChI=1S/C24H35N3O3/c1-30-23(28)10-5-18-3-7-21(8-4-18)26-15-2-16-27(24(26)29)22-9-6-19-11-13-25-14-12-20(19)17-22/h6,9,17-18,21,25H,2-5,7-8,10-16H2,1H3. The van der Waals surface area contributed by atoms with Gasteiger partial charge in [0.05, 0.1) is 7.11 Å². The van der Waals surface area contributed by atoms with Gasteiger partial charge in [-0.15, -0.1) is 0 Å². The van der Waals surface area contributed by atoms with E-state index in [1.165, 1.54) is 18.2 Å². The topological polar surface area (TPSA) is 61.9 Å². The van der Waals surface area contributed by atoms with Crippen molar-refractivity contribution in [1.29, 1.82) is 0 Å². The Labute approximate surface area is 179 Å². The van der Waals surface area contributed by atoms with Gasteiger partial charge in [-0.2, -0.15) is 0 Å². The Morgan fingerprint density at radius 2 is 1.87 bits per heavy atom. The van der Waals surface area contributed by atoms with Crippen molar-refractivity contribution in [1.82, 2.24) is 10.2 Å². The number of carbonyl (C=O) groups excluding carboxylic acids is 2. The van der Waals surface area contributed by atoms with Crippen LogP contribution < -0.4 is 10.2 Å². The van der Waals surface area contributed by atoms with Gasteiger partial charge in [0.1, 0.15) is 0 Å². The summed E-state index contributed by atoms with van der Waals surface area (Å²) in [6.45, 7) is 3.71. The van der Waals surface area contributed by atoms with Crippen LogP contribution in [0.4, 0.5) is 10.5 Å². The summed E-state index contributed by atoms with van der Waals surface area (Å²) in [5.41, 5.74) is 3.85. The molecule has 0 radical (unpaired) electrons. The van der Waals surface area contributed by atoms with E-state index >= 15 is 0 Å². The molecule has 1 aromatic carbocycles. The van der Waals surface area contributed by atoms with E-state index in [9.17, 15) is 9.59 Å². The summed E-state index contributed by atoms with van der Waals surface area (Å²) in [6.07, 6.45) is 8.81. The first-order valence-corrected chi connectivity index (χ1v) is 11.6. The molecular weight excluding hydrogens is 378 g/mol. The van der Waals surface area contributed by atoms with Gasteiger partial charge >= 0.3 is 12.0 Å². The summed E-state index contributed by atoms with van der Waals surface area (Å²) in [7, 11) is 1.45. The number of amides is 2. The van der Waals surface area contributed by atoms with Crippen molar-refractivity contribution >= 4 is 17.7 Å². The smallest absolute Gasteiger partial charge is 0.324 e. The molecule has 0 atom stereocenters. The summed E-state index contributed by atoms with van der Waals surface area (Å²) < 4.78 is 4.77. The molecule has 3 aliphatic rings. The van der Waals surface area contributed by atoms with Crippen LogP contribution in [0.2, 0.25) is 0 Å². The molecule has 1 saturated heterocycles. The summed E-state index contributed by atoms with van der Waals surface area (Å²) in [6, 6.07) is 7.10. The molecule has 0 unspecified atom stereocenters. The normalized spacial score (nSPS) is 24.9. The minimum atomic E-state index is -0.115. The van der Waals surface area contributed by atoms with Gasteiger partial charge in [-0.25, -0.2) is 4.79 Å². The molecule has 2 amide bonds. The Morgan fingerprint density at radius 3 is 2.63 bits per heavy atom. The van der Waals surface area contributed by atoms with Crippen LogP contribution in [0.5, 0.6) is 0 Å². The van der Waals surface area contributed by atoms with E-state index in [-0.39, 0.29) is 12.0 Å². The highest BCUT2D eigenvalue weighted by Crippen LogP contribution is 2.33. The number of hydrogen-bond acceptors (Lipinski definition) is 4. The van der Waals surface area contributed by atoms with Crippen molar-refractivity contribution in [3.63, 3.8) is 0 Å². The Bertz CT molecular complexity index is 758. The molecule has 1 aliphatic carbocycles. The van der Waals surface area contributed by atoms with Crippen LogP contribution in [0.25, 0.3) is 0 Å². The van der Waals surface area contributed by atoms with Gasteiger partial charge in [-0.1, -0.05) is 6.07 Å². The average molecular weight is 414 g/mol. The lowest BCUT2D eigenvalue weighted by atomic mass is 9.82. The van der Waals surface area contributed by atoms with E-state index in [1.54, 1.807) is 0 Å². The highest BCUT2D eigenvalue weighted by molar-refractivity contribution is 5.93. The molecular formula is C24H35N3O3. The minimum absolute atomic E-state index is 0.115. The number of rotatable bonds is 5. The van der Waals surface area contributed by atoms with Crippen LogP contribution in [-0.2, 0) is 22.4 Å². The lowest BCUT2D eigenvalue weighted by Gasteiger charge is -2.42. The number of esters is 1. The molecule has 30 heavy (non-hydrogen) atoms. The van der Waals surface area contributed by atoms with Crippen molar-refractivity contribution in [2.75, 3.05) is 38.2 Å². The van der Waals surface area contributed by atoms with Gasteiger partial charge in [0, 0.05) is 31.2 Å². The number of hydrogen-bond donors (Lipinski definition) is 1. The maximum Gasteiger partial charge on any atom is 0.324 e. The monoisotopic (exact) mass is 413 g/mol. The van der Waals surface area contributed by atoms with E-state index in [4.69, 9.17) is 4.74 Å². The second-order valence-electron chi connectivity index (χ2n) is 8.97. The SMILES string of the molecule is COC(=O)CCC1CCC(N2CCCN(c3ccc4c(c3)CCNCC4)C2=O)CC1. The first-order chi connectivity index (χ1) is 14.7. The highest BCUT2D eigenvalue weighted by Gasteiger charge is 2.34. The molecule has 1 aromatic rings. The van der Waals surface area contributed by atoms with Crippen LogP contribution in [0.15, 0.2) is 18.2 Å². The molecule has 6 nitrogen and oxygen atoms in total. The average Bonchev–Trinajstić information content (AvgIpc) is 3.03. The van der Waals surface area contributed by atoms with Crippen molar-refractivity contribution in [2.24, 2.45) is 5.92 Å². The lowest BCUT2D eigenvalue weighted by Crippen LogP contribution is -2.54. The number of anilines is 1. The van der Waals surface area contributed by atoms with Gasteiger partial charge < -0.3 is 15.0 Å². The van der Waals surface area contributed by atoms with Crippen LogP contribution in [-0.4, -0.2) is 56.2 Å². The zero-order chi connectivity index (χ0) is 20.9. The van der Waals surface area contributed by atoms with Crippen molar-refractivity contribution in [2.45, 2.75) is 63.8 Å². The fourth-order valence-electron chi connectivity index (χ4n) is 5.32. The van der Waals surface area contributed by atoms with Crippen molar-refractivity contribution in [3.8, 4) is 0 Å². The van der Waals surface area contributed by atoms with E-state index < -0.39 is 0 Å². The second-order valence-corrected chi connectivity index (χ2v) is 8.97. The molecule has 2 aliphatic heterocycles. The van der Waals surface area contributed by atoms with E-state index in [1.807, 2.05) is 4.90 Å². The Morgan fingerprint density at radius 1 is 1.10 bits per heavy atom. The molecule has 1 saturated carbocycles. The quantitative estimate of drug-likeness (QED) is 0.751. The maximum atomic E-state index is 13.4. The number of fused-ring (bicyclic) bond motifs is 1. The number of nitrogens with one attached hydrogen (secondary N) is 1.